The molecule has 0 atom stereocenters. The maximum atomic E-state index is 12.1. The maximum absolute atomic E-state index is 12.1. The first-order chi connectivity index (χ1) is 8.00. The molecular weight excluding hydrogens is 283 g/mol. The first-order valence-corrected chi connectivity index (χ1v) is 6.64. The van der Waals surface area contributed by atoms with E-state index in [0.29, 0.717) is 5.02 Å². The molecular formula is C12H8ClNaO3S. The molecule has 0 saturated heterocycles. The number of halogens is 1. The third kappa shape index (κ3) is 3.28. The molecule has 2 rings (SSSR count). The summed E-state index contributed by atoms with van der Waals surface area (Å²) in [5, 5.41) is 11.4. The second kappa shape index (κ2) is 6.08. The van der Waals surface area contributed by atoms with E-state index in [0.717, 1.165) is 0 Å². The SMILES string of the molecule is O=S(=O)(c1ccc([O-])cc1)c1ccc(Cl)cc1.[Na+]. The van der Waals surface area contributed by atoms with Crippen LogP contribution in [0.4, 0.5) is 0 Å². The maximum Gasteiger partial charge on any atom is 1.00 e. The molecule has 18 heavy (non-hydrogen) atoms. The molecule has 0 aliphatic rings. The van der Waals surface area contributed by atoms with Gasteiger partial charge in [-0.05, 0) is 36.4 Å². The van der Waals surface area contributed by atoms with Crippen molar-refractivity contribution in [3.63, 3.8) is 0 Å². The normalized spacial score (nSPS) is 10.7. The molecule has 0 unspecified atom stereocenters. The Hall–Kier alpha value is -0.520. The molecule has 0 saturated carbocycles. The van der Waals surface area contributed by atoms with Gasteiger partial charge in [0.15, 0.2) is 0 Å². The van der Waals surface area contributed by atoms with Crippen molar-refractivity contribution in [3.8, 4) is 5.75 Å². The van der Waals surface area contributed by atoms with Crippen LogP contribution in [-0.4, -0.2) is 8.42 Å². The Bertz CT molecular complexity index is 570. The van der Waals surface area contributed by atoms with E-state index < -0.39 is 9.84 Å². The molecule has 0 radical (unpaired) electrons. The summed E-state index contributed by atoms with van der Waals surface area (Å²) in [5.41, 5.74) is 0. The van der Waals surface area contributed by atoms with Crippen molar-refractivity contribution in [1.82, 2.24) is 0 Å². The molecule has 2 aromatic carbocycles. The third-order valence-corrected chi connectivity index (χ3v) is 4.30. The Kier molecular flexibility index (Phi) is 5.25. The zero-order valence-corrected chi connectivity index (χ0v) is 13.2. The van der Waals surface area contributed by atoms with Crippen LogP contribution < -0.4 is 34.7 Å². The van der Waals surface area contributed by atoms with Crippen LogP contribution in [0, 0.1) is 0 Å². The fourth-order valence-electron chi connectivity index (χ4n) is 1.37. The number of hydrogen-bond donors (Lipinski definition) is 0. The average Bonchev–Trinajstić information content (AvgIpc) is 2.30. The Morgan fingerprint density at radius 2 is 1.22 bits per heavy atom. The first kappa shape index (κ1) is 15.5. The average molecular weight is 291 g/mol. The van der Waals surface area contributed by atoms with Crippen LogP contribution in [0.3, 0.4) is 0 Å². The van der Waals surface area contributed by atoms with Crippen molar-refractivity contribution in [1.29, 1.82) is 0 Å². The van der Waals surface area contributed by atoms with Crippen molar-refractivity contribution in [2.24, 2.45) is 0 Å². The van der Waals surface area contributed by atoms with Crippen LogP contribution in [-0.2, 0) is 9.84 Å². The molecule has 88 valence electrons. The van der Waals surface area contributed by atoms with E-state index >= 15 is 0 Å². The summed E-state index contributed by atoms with van der Waals surface area (Å²) in [4.78, 5) is 0.250. The Labute approximate surface area is 133 Å². The zero-order chi connectivity index (χ0) is 12.5. The van der Waals surface area contributed by atoms with Gasteiger partial charge in [-0.3, -0.25) is 0 Å². The van der Waals surface area contributed by atoms with E-state index in [1.807, 2.05) is 0 Å². The van der Waals surface area contributed by atoms with E-state index in [-0.39, 0.29) is 45.1 Å². The van der Waals surface area contributed by atoms with Crippen LogP contribution in [0.1, 0.15) is 0 Å². The molecule has 0 N–H and O–H groups in total. The van der Waals surface area contributed by atoms with Crippen LogP contribution in [0.15, 0.2) is 58.3 Å². The Morgan fingerprint density at radius 1 is 0.833 bits per heavy atom. The fraction of sp³-hybridized carbons (Fsp3) is 0. The second-order valence-electron chi connectivity index (χ2n) is 3.43. The minimum Gasteiger partial charge on any atom is -0.872 e. The first-order valence-electron chi connectivity index (χ1n) is 4.78. The van der Waals surface area contributed by atoms with Gasteiger partial charge >= 0.3 is 29.6 Å². The molecule has 0 bridgehead atoms. The zero-order valence-electron chi connectivity index (χ0n) is 9.63. The minimum absolute atomic E-state index is 0. The predicted octanol–water partition coefficient (Wildman–Crippen LogP) is -0.750. The largest absolute Gasteiger partial charge is 1.00 e. The number of rotatable bonds is 2. The molecule has 0 aliphatic heterocycles. The predicted molar refractivity (Wildman–Crippen MR) is 62.8 cm³/mol. The second-order valence-corrected chi connectivity index (χ2v) is 5.81. The van der Waals surface area contributed by atoms with Gasteiger partial charge in [-0.1, -0.05) is 23.7 Å². The molecule has 0 amide bonds. The summed E-state index contributed by atoms with van der Waals surface area (Å²) in [6, 6.07) is 10.9. The fourth-order valence-corrected chi connectivity index (χ4v) is 2.76. The van der Waals surface area contributed by atoms with Crippen molar-refractivity contribution < 1.29 is 43.1 Å². The summed E-state index contributed by atoms with van der Waals surface area (Å²) >= 11 is 5.69. The molecule has 0 spiro atoms. The molecule has 0 aliphatic carbocycles. The van der Waals surface area contributed by atoms with E-state index in [2.05, 4.69) is 0 Å². The van der Waals surface area contributed by atoms with Crippen molar-refractivity contribution in [3.05, 3.63) is 53.6 Å². The van der Waals surface area contributed by atoms with E-state index in [9.17, 15) is 13.5 Å². The van der Waals surface area contributed by atoms with Gasteiger partial charge in [0.1, 0.15) is 0 Å². The molecule has 2 aromatic rings. The standard InChI is InChI=1S/C12H9ClO3S.Na/c13-9-1-5-11(6-2-9)17(15,16)12-7-3-10(14)4-8-12;/h1-8,14H;/q;+1/p-1. The van der Waals surface area contributed by atoms with Crippen LogP contribution in [0.5, 0.6) is 5.75 Å². The van der Waals surface area contributed by atoms with Crippen LogP contribution in [0.2, 0.25) is 5.02 Å². The smallest absolute Gasteiger partial charge is 0.872 e. The third-order valence-electron chi connectivity index (χ3n) is 2.26. The van der Waals surface area contributed by atoms with Gasteiger partial charge in [0.05, 0.1) is 9.79 Å². The van der Waals surface area contributed by atoms with Crippen molar-refractivity contribution in [2.45, 2.75) is 9.79 Å². The Balaban J connectivity index is 0.00000162. The summed E-state index contributed by atoms with van der Waals surface area (Å²) in [5.74, 6) is -0.222. The quantitative estimate of drug-likeness (QED) is 0.684. The van der Waals surface area contributed by atoms with Gasteiger partial charge in [-0.25, -0.2) is 8.42 Å². The van der Waals surface area contributed by atoms with E-state index in [1.165, 1.54) is 48.5 Å². The van der Waals surface area contributed by atoms with Gasteiger partial charge in [-0.2, -0.15) is 0 Å². The van der Waals surface area contributed by atoms with Gasteiger partial charge in [0, 0.05) is 5.02 Å². The van der Waals surface area contributed by atoms with E-state index in [1.54, 1.807) is 0 Å². The van der Waals surface area contributed by atoms with Crippen LogP contribution in [0.25, 0.3) is 0 Å². The molecule has 0 aromatic heterocycles. The van der Waals surface area contributed by atoms with Gasteiger partial charge in [-0.15, -0.1) is 5.75 Å². The summed E-state index contributed by atoms with van der Waals surface area (Å²) < 4.78 is 24.2. The number of hydrogen-bond acceptors (Lipinski definition) is 3. The van der Waals surface area contributed by atoms with Crippen molar-refractivity contribution >= 4 is 21.4 Å². The Morgan fingerprint density at radius 3 is 1.67 bits per heavy atom. The van der Waals surface area contributed by atoms with E-state index in [4.69, 9.17) is 11.6 Å². The molecule has 0 heterocycles. The summed E-state index contributed by atoms with van der Waals surface area (Å²) in [6.07, 6.45) is 0. The topological polar surface area (TPSA) is 57.2 Å². The van der Waals surface area contributed by atoms with Crippen LogP contribution >= 0.6 is 11.6 Å². The number of sulfone groups is 1. The van der Waals surface area contributed by atoms with Gasteiger partial charge in [0.2, 0.25) is 9.84 Å². The molecule has 0 fully saturated rings. The summed E-state index contributed by atoms with van der Waals surface area (Å²) in [6.45, 7) is 0. The number of benzene rings is 2. The van der Waals surface area contributed by atoms with Crippen molar-refractivity contribution in [2.75, 3.05) is 0 Å². The minimum atomic E-state index is -3.57. The van der Waals surface area contributed by atoms with Gasteiger partial charge in [0.25, 0.3) is 0 Å². The molecule has 3 nitrogen and oxygen atoms in total. The van der Waals surface area contributed by atoms with Gasteiger partial charge < -0.3 is 5.11 Å². The molecule has 6 heteroatoms. The monoisotopic (exact) mass is 290 g/mol. The summed E-state index contributed by atoms with van der Waals surface area (Å²) in [7, 11) is -3.57.